The van der Waals surface area contributed by atoms with E-state index in [2.05, 4.69) is 39.3 Å². The second kappa shape index (κ2) is 3.38. The number of hydrogen-bond acceptors (Lipinski definition) is 0. The minimum atomic E-state index is -0.720. The molecule has 0 spiro atoms. The topological polar surface area (TPSA) is 0 Å². The predicted octanol–water partition coefficient (Wildman–Crippen LogP) is 2.74. The summed E-state index contributed by atoms with van der Waals surface area (Å²) in [6.07, 6.45) is 0. The van der Waals surface area contributed by atoms with Crippen molar-refractivity contribution in [2.75, 3.05) is 0 Å². The molecule has 0 aromatic heterocycles. The van der Waals surface area contributed by atoms with Gasteiger partial charge < -0.3 is 0 Å². The molecule has 0 unspecified atom stereocenters. The molecular weight excluding hydrogens is 192 g/mol. The van der Waals surface area contributed by atoms with E-state index in [0.717, 1.165) is 0 Å². The molecule has 3 heteroatoms. The zero-order valence-corrected chi connectivity index (χ0v) is 10.2. The van der Waals surface area contributed by atoms with Crippen LogP contribution in [0.1, 0.15) is 0 Å². The van der Waals surface area contributed by atoms with Gasteiger partial charge in [0.25, 0.3) is 0 Å². The van der Waals surface area contributed by atoms with Crippen LogP contribution in [-0.4, -0.2) is 15.2 Å². The molecule has 0 saturated heterocycles. The summed E-state index contributed by atoms with van der Waals surface area (Å²) < 4.78 is 0. The second-order valence-electron chi connectivity index (χ2n) is 4.50. The Morgan fingerprint density at radius 3 is 0.667 bits per heavy atom. The standard InChI is InChI=1S/C6H18Si2.Cu/c1-7(2,3)8(4,5)6;/h1-6H3;. The Kier molecular flexibility index (Phi) is 4.73. The average molecular weight is 210 g/mol. The van der Waals surface area contributed by atoms with Gasteiger partial charge in [0.2, 0.25) is 0 Å². The minimum Gasteiger partial charge on any atom is -0.0715 e. The third-order valence-corrected chi connectivity index (χ3v) is 20.2. The van der Waals surface area contributed by atoms with Gasteiger partial charge in [-0.1, -0.05) is 39.3 Å². The summed E-state index contributed by atoms with van der Waals surface area (Å²) in [6.45, 7) is 14.8. The van der Waals surface area contributed by atoms with Gasteiger partial charge in [0.1, 0.15) is 0 Å². The summed E-state index contributed by atoms with van der Waals surface area (Å²) >= 11 is 0. The Balaban J connectivity index is 0. The van der Waals surface area contributed by atoms with E-state index < -0.39 is 15.2 Å². The van der Waals surface area contributed by atoms with Gasteiger partial charge in [0.05, 0.1) is 0 Å². The Morgan fingerprint density at radius 1 is 0.556 bits per heavy atom. The van der Waals surface area contributed by atoms with E-state index >= 15 is 0 Å². The third kappa shape index (κ3) is 4.37. The number of rotatable bonds is 1. The maximum Gasteiger partial charge on any atom is 0.0379 e. The van der Waals surface area contributed by atoms with Crippen molar-refractivity contribution >= 4 is 15.2 Å². The molecule has 0 nitrogen and oxygen atoms in total. The molecule has 0 N–H and O–H groups in total. The van der Waals surface area contributed by atoms with Gasteiger partial charge in [-0.3, -0.25) is 0 Å². The van der Waals surface area contributed by atoms with Crippen LogP contribution in [0, 0.1) is 0 Å². The first kappa shape index (κ1) is 12.6. The molecule has 0 heterocycles. The Morgan fingerprint density at radius 2 is 0.667 bits per heavy atom. The fourth-order valence-corrected chi connectivity index (χ4v) is 0. The first-order valence-corrected chi connectivity index (χ1v) is 11.2. The fraction of sp³-hybridized carbons (Fsp3) is 1.00. The molecule has 0 amide bonds. The van der Waals surface area contributed by atoms with Crippen LogP contribution < -0.4 is 0 Å². The molecule has 0 rings (SSSR count). The van der Waals surface area contributed by atoms with Gasteiger partial charge in [0.15, 0.2) is 0 Å². The minimum absolute atomic E-state index is 0. The molecule has 0 saturated carbocycles. The molecule has 61 valence electrons. The van der Waals surface area contributed by atoms with Crippen molar-refractivity contribution in [2.24, 2.45) is 0 Å². The van der Waals surface area contributed by atoms with Crippen molar-refractivity contribution < 1.29 is 17.1 Å². The van der Waals surface area contributed by atoms with Crippen molar-refractivity contribution in [3.05, 3.63) is 0 Å². The molecule has 0 aromatic rings. The van der Waals surface area contributed by atoms with E-state index in [1.54, 1.807) is 0 Å². The normalized spacial score (nSPS) is 12.7. The summed E-state index contributed by atoms with van der Waals surface area (Å²) in [5.41, 5.74) is 0. The molecule has 0 aromatic carbocycles. The van der Waals surface area contributed by atoms with Gasteiger partial charge in [-0.2, -0.15) is 0 Å². The van der Waals surface area contributed by atoms with Crippen LogP contribution in [0.4, 0.5) is 0 Å². The SMILES string of the molecule is C[Si](C)(C)[Si](C)(C)C.[Cu]. The summed E-state index contributed by atoms with van der Waals surface area (Å²) in [7, 11) is -1.44. The first-order chi connectivity index (χ1) is 3.25. The molecule has 0 aliphatic rings. The van der Waals surface area contributed by atoms with Gasteiger partial charge >= 0.3 is 0 Å². The van der Waals surface area contributed by atoms with E-state index in [4.69, 9.17) is 0 Å². The van der Waals surface area contributed by atoms with Gasteiger partial charge in [-0.15, -0.1) is 0 Å². The zero-order chi connectivity index (χ0) is 7.00. The smallest absolute Gasteiger partial charge is 0.0379 e. The molecule has 0 aliphatic carbocycles. The van der Waals surface area contributed by atoms with Crippen molar-refractivity contribution in [2.45, 2.75) is 39.3 Å². The van der Waals surface area contributed by atoms with Crippen molar-refractivity contribution in [3.63, 3.8) is 0 Å². The van der Waals surface area contributed by atoms with Crippen LogP contribution in [0.2, 0.25) is 39.3 Å². The zero-order valence-electron chi connectivity index (χ0n) is 7.30. The fourth-order valence-electron chi connectivity index (χ4n) is 0. The van der Waals surface area contributed by atoms with Crippen LogP contribution >= 0.6 is 0 Å². The van der Waals surface area contributed by atoms with E-state index in [9.17, 15) is 0 Å². The molecule has 0 aliphatic heterocycles. The van der Waals surface area contributed by atoms with E-state index in [1.165, 1.54) is 0 Å². The third-order valence-electron chi connectivity index (χ3n) is 2.25. The van der Waals surface area contributed by atoms with Gasteiger partial charge in [0, 0.05) is 32.3 Å². The van der Waals surface area contributed by atoms with E-state index in [0.29, 0.717) is 0 Å². The maximum absolute atomic E-state index is 2.47. The maximum atomic E-state index is 2.47. The first-order valence-electron chi connectivity index (χ1n) is 3.25. The second-order valence-corrected chi connectivity index (χ2v) is 22.5. The monoisotopic (exact) mass is 209 g/mol. The summed E-state index contributed by atoms with van der Waals surface area (Å²) in [5, 5.41) is 0. The molecule has 0 bridgehead atoms. The predicted molar refractivity (Wildman–Crippen MR) is 46.7 cm³/mol. The van der Waals surface area contributed by atoms with Crippen LogP contribution in [0.5, 0.6) is 0 Å². The Labute approximate surface area is 71.7 Å². The quantitative estimate of drug-likeness (QED) is 0.583. The largest absolute Gasteiger partial charge is 0.0715 e. The summed E-state index contributed by atoms with van der Waals surface area (Å²) in [6, 6.07) is 0. The van der Waals surface area contributed by atoms with Gasteiger partial charge in [-0.25, -0.2) is 0 Å². The Bertz CT molecular complexity index is 66.0. The molecule has 9 heavy (non-hydrogen) atoms. The van der Waals surface area contributed by atoms with E-state index in [1.807, 2.05) is 0 Å². The van der Waals surface area contributed by atoms with Gasteiger partial charge in [-0.05, 0) is 0 Å². The molecule has 1 radical (unpaired) electrons. The van der Waals surface area contributed by atoms with Crippen LogP contribution in [0.25, 0.3) is 0 Å². The van der Waals surface area contributed by atoms with Crippen molar-refractivity contribution in [1.29, 1.82) is 0 Å². The summed E-state index contributed by atoms with van der Waals surface area (Å²) in [5.74, 6) is 0. The van der Waals surface area contributed by atoms with Crippen molar-refractivity contribution in [1.82, 2.24) is 0 Å². The average Bonchev–Trinajstić information content (AvgIpc) is 1.25. The molecule has 0 fully saturated rings. The van der Waals surface area contributed by atoms with Crippen LogP contribution in [-0.2, 0) is 17.1 Å². The van der Waals surface area contributed by atoms with Crippen LogP contribution in [0.15, 0.2) is 0 Å². The van der Waals surface area contributed by atoms with E-state index in [-0.39, 0.29) is 17.1 Å². The van der Waals surface area contributed by atoms with Crippen LogP contribution in [0.3, 0.4) is 0 Å². The van der Waals surface area contributed by atoms with Crippen molar-refractivity contribution in [3.8, 4) is 0 Å². The molecule has 0 atom stereocenters. The number of hydrogen-bond donors (Lipinski definition) is 0. The summed E-state index contributed by atoms with van der Waals surface area (Å²) in [4.78, 5) is 0. The molecular formula is C6H18CuSi2. The Hall–Kier alpha value is 0.953.